The highest BCUT2D eigenvalue weighted by molar-refractivity contribution is 5.83. The number of fused-ring (bicyclic) bond motifs is 5. The van der Waals surface area contributed by atoms with E-state index in [0.717, 1.165) is 38.5 Å². The molecule has 0 aromatic carbocycles. The van der Waals surface area contributed by atoms with Crippen molar-refractivity contribution in [3.63, 3.8) is 0 Å². The molecule has 0 saturated heterocycles. The zero-order chi connectivity index (χ0) is 23.3. The lowest BCUT2D eigenvalue weighted by atomic mass is 9.44. The van der Waals surface area contributed by atoms with Gasteiger partial charge in [-0.05, 0) is 91.8 Å². The van der Waals surface area contributed by atoms with Gasteiger partial charge in [0.2, 0.25) is 0 Å². The first kappa shape index (κ1) is 23.8. The molecule has 180 valence electrons. The Morgan fingerprint density at radius 2 is 1.75 bits per heavy atom. The van der Waals surface area contributed by atoms with Crippen LogP contribution in [0.2, 0.25) is 0 Å². The molecular weight excluding hydrogens is 404 g/mol. The average molecular weight is 447 g/mol. The van der Waals surface area contributed by atoms with Crippen molar-refractivity contribution >= 4 is 17.7 Å². The van der Waals surface area contributed by atoms with Crippen LogP contribution in [0.15, 0.2) is 0 Å². The summed E-state index contributed by atoms with van der Waals surface area (Å²) in [5, 5.41) is 0. The first-order chi connectivity index (χ1) is 15.1. The number of ketones is 1. The third-order valence-electron chi connectivity index (χ3n) is 10.5. The normalized spacial score (nSPS) is 44.1. The number of esters is 2. The molecular formula is C27H42O5. The van der Waals surface area contributed by atoms with Crippen molar-refractivity contribution in [2.24, 2.45) is 46.3 Å². The SMILES string of the molecule is COC(=O)CC[C@@H](C)C1CC[C@H]2C3C(=O)CC4C[C@H](OC(C)=O)CCC4(C)[C@H]3CCC12C. The van der Waals surface area contributed by atoms with Crippen LogP contribution in [-0.4, -0.2) is 30.9 Å². The summed E-state index contributed by atoms with van der Waals surface area (Å²) in [5.41, 5.74) is 0.385. The summed E-state index contributed by atoms with van der Waals surface area (Å²) in [6, 6.07) is 0. The van der Waals surface area contributed by atoms with Gasteiger partial charge < -0.3 is 9.47 Å². The highest BCUT2D eigenvalue weighted by Gasteiger charge is 2.63. The molecule has 0 amide bonds. The smallest absolute Gasteiger partial charge is 0.305 e. The van der Waals surface area contributed by atoms with E-state index in [1.54, 1.807) is 0 Å². The minimum absolute atomic E-state index is 0.0182. The van der Waals surface area contributed by atoms with Crippen LogP contribution >= 0.6 is 0 Å². The van der Waals surface area contributed by atoms with Crippen LogP contribution < -0.4 is 0 Å². The molecule has 4 aliphatic rings. The van der Waals surface area contributed by atoms with Crippen LogP contribution in [0.1, 0.15) is 91.9 Å². The summed E-state index contributed by atoms with van der Waals surface area (Å²) in [5.74, 6) is 2.68. The summed E-state index contributed by atoms with van der Waals surface area (Å²) in [6.07, 6.45) is 9.49. The molecule has 4 aliphatic carbocycles. The molecule has 4 fully saturated rings. The largest absolute Gasteiger partial charge is 0.469 e. The number of rotatable bonds is 5. The zero-order valence-electron chi connectivity index (χ0n) is 20.7. The van der Waals surface area contributed by atoms with Crippen LogP contribution in [0, 0.1) is 46.3 Å². The van der Waals surface area contributed by atoms with Crippen molar-refractivity contribution in [2.45, 2.75) is 98.0 Å². The molecule has 5 nitrogen and oxygen atoms in total. The Hall–Kier alpha value is -1.39. The Morgan fingerprint density at radius 3 is 2.44 bits per heavy atom. The van der Waals surface area contributed by atoms with Gasteiger partial charge in [-0.1, -0.05) is 20.8 Å². The van der Waals surface area contributed by atoms with Gasteiger partial charge in [0, 0.05) is 25.7 Å². The van der Waals surface area contributed by atoms with E-state index in [1.807, 2.05) is 0 Å². The summed E-state index contributed by atoms with van der Waals surface area (Å²) in [7, 11) is 1.46. The number of hydrogen-bond acceptors (Lipinski definition) is 5. The van der Waals surface area contributed by atoms with Crippen LogP contribution in [0.4, 0.5) is 0 Å². The van der Waals surface area contributed by atoms with Crippen molar-refractivity contribution < 1.29 is 23.9 Å². The Labute approximate surface area is 193 Å². The van der Waals surface area contributed by atoms with E-state index >= 15 is 0 Å². The molecule has 0 spiro atoms. The molecule has 4 rings (SSSR count). The van der Waals surface area contributed by atoms with E-state index in [0.29, 0.717) is 48.2 Å². The van der Waals surface area contributed by atoms with Gasteiger partial charge in [-0.25, -0.2) is 0 Å². The maximum absolute atomic E-state index is 13.6. The lowest BCUT2D eigenvalue weighted by molar-refractivity contribution is -0.168. The lowest BCUT2D eigenvalue weighted by Crippen LogP contribution is -2.57. The standard InChI is InChI=1S/C27H42O5/c1-16(6-9-24(30)31-5)20-7-8-21-25-22(11-13-27(20,21)4)26(3)12-10-19(32-17(2)28)14-18(26)15-23(25)29/h16,18-22,25H,6-15H2,1-5H3/t16-,18?,19-,20?,21+,22+,25?,26?,27?/m1/s1. The van der Waals surface area contributed by atoms with Gasteiger partial charge >= 0.3 is 11.9 Å². The molecule has 0 aliphatic heterocycles. The number of methoxy groups -OCH3 is 1. The molecule has 0 radical (unpaired) electrons. The third-order valence-corrected chi connectivity index (χ3v) is 10.5. The summed E-state index contributed by atoms with van der Waals surface area (Å²) < 4.78 is 10.4. The van der Waals surface area contributed by atoms with E-state index in [-0.39, 0.29) is 34.8 Å². The van der Waals surface area contributed by atoms with Crippen LogP contribution in [0.3, 0.4) is 0 Å². The maximum atomic E-state index is 13.6. The minimum Gasteiger partial charge on any atom is -0.469 e. The van der Waals surface area contributed by atoms with Gasteiger partial charge in [-0.3, -0.25) is 14.4 Å². The van der Waals surface area contributed by atoms with Crippen LogP contribution in [-0.2, 0) is 23.9 Å². The molecule has 32 heavy (non-hydrogen) atoms. The fraction of sp³-hybridized carbons (Fsp3) is 0.889. The van der Waals surface area contributed by atoms with E-state index in [1.165, 1.54) is 26.9 Å². The Bertz CT molecular complexity index is 761. The zero-order valence-corrected chi connectivity index (χ0v) is 20.7. The van der Waals surface area contributed by atoms with E-state index in [9.17, 15) is 14.4 Å². The molecule has 0 N–H and O–H groups in total. The van der Waals surface area contributed by atoms with E-state index < -0.39 is 0 Å². The fourth-order valence-corrected chi connectivity index (χ4v) is 8.86. The average Bonchev–Trinajstić information content (AvgIpc) is 3.09. The number of carbonyl (C=O) groups is 3. The highest BCUT2D eigenvalue weighted by Crippen LogP contribution is 2.67. The molecule has 0 heterocycles. The molecule has 0 aromatic rings. The Balaban J connectivity index is 1.50. The molecule has 5 heteroatoms. The maximum Gasteiger partial charge on any atom is 0.305 e. The predicted octanol–water partition coefficient (Wildman–Crippen LogP) is 5.35. The van der Waals surface area contributed by atoms with Gasteiger partial charge in [0.1, 0.15) is 11.9 Å². The second-order valence-corrected chi connectivity index (χ2v) is 11.9. The fourth-order valence-electron chi connectivity index (χ4n) is 8.86. The van der Waals surface area contributed by atoms with Gasteiger partial charge in [-0.2, -0.15) is 0 Å². The van der Waals surface area contributed by atoms with Crippen molar-refractivity contribution in [3.05, 3.63) is 0 Å². The molecule has 5 unspecified atom stereocenters. The van der Waals surface area contributed by atoms with Crippen LogP contribution in [0.5, 0.6) is 0 Å². The highest BCUT2D eigenvalue weighted by atomic mass is 16.5. The second-order valence-electron chi connectivity index (χ2n) is 11.9. The minimum atomic E-state index is -0.203. The monoisotopic (exact) mass is 446 g/mol. The first-order valence-corrected chi connectivity index (χ1v) is 12.9. The van der Waals surface area contributed by atoms with Gasteiger partial charge in [-0.15, -0.1) is 0 Å². The summed E-state index contributed by atoms with van der Waals surface area (Å²) >= 11 is 0. The van der Waals surface area contributed by atoms with E-state index in [2.05, 4.69) is 20.8 Å². The Kier molecular flexibility index (Phi) is 6.50. The molecule has 4 saturated carbocycles. The summed E-state index contributed by atoms with van der Waals surface area (Å²) in [4.78, 5) is 36.8. The van der Waals surface area contributed by atoms with Crippen molar-refractivity contribution in [2.75, 3.05) is 7.11 Å². The number of Topliss-reactive ketones (excluding diaryl/α,β-unsaturated/α-hetero) is 1. The molecule has 0 bridgehead atoms. The third kappa shape index (κ3) is 3.92. The number of ether oxygens (including phenoxy) is 2. The number of carbonyl (C=O) groups excluding carboxylic acids is 3. The van der Waals surface area contributed by atoms with Gasteiger partial charge in [0.25, 0.3) is 0 Å². The quantitative estimate of drug-likeness (QED) is 0.533. The predicted molar refractivity (Wildman–Crippen MR) is 122 cm³/mol. The van der Waals surface area contributed by atoms with Crippen LogP contribution in [0.25, 0.3) is 0 Å². The first-order valence-electron chi connectivity index (χ1n) is 12.9. The topological polar surface area (TPSA) is 69.7 Å². The Morgan fingerprint density at radius 1 is 1.06 bits per heavy atom. The van der Waals surface area contributed by atoms with E-state index in [4.69, 9.17) is 9.47 Å². The number of hydrogen-bond donors (Lipinski definition) is 0. The molecule has 9 atom stereocenters. The second kappa shape index (κ2) is 8.76. The summed E-state index contributed by atoms with van der Waals surface area (Å²) in [6.45, 7) is 8.66. The van der Waals surface area contributed by atoms with Crippen molar-refractivity contribution in [1.29, 1.82) is 0 Å². The van der Waals surface area contributed by atoms with Crippen molar-refractivity contribution in [3.8, 4) is 0 Å². The van der Waals surface area contributed by atoms with Gasteiger partial charge in [0.15, 0.2) is 0 Å². The van der Waals surface area contributed by atoms with Crippen molar-refractivity contribution in [1.82, 2.24) is 0 Å². The van der Waals surface area contributed by atoms with Gasteiger partial charge in [0.05, 0.1) is 7.11 Å². The lowest BCUT2D eigenvalue weighted by Gasteiger charge is -2.60. The molecule has 0 aromatic heterocycles.